The Hall–Kier alpha value is -1.10. The van der Waals surface area contributed by atoms with Crippen LogP contribution in [0.4, 0.5) is 5.69 Å². The van der Waals surface area contributed by atoms with Crippen molar-refractivity contribution in [2.75, 3.05) is 83.6 Å². The summed E-state index contributed by atoms with van der Waals surface area (Å²) in [5.41, 5.74) is 7.32. The Morgan fingerprint density at radius 3 is 2.30 bits per heavy atom. The molecule has 2 aliphatic heterocycles. The number of rotatable bonds is 10. The molecule has 2 heterocycles. The Labute approximate surface area is 199 Å². The van der Waals surface area contributed by atoms with E-state index < -0.39 is 0 Å². The first-order chi connectivity index (χ1) is 14.3. The van der Waals surface area contributed by atoms with E-state index >= 15 is 0 Å². The molecule has 3 rings (SSSR count). The van der Waals surface area contributed by atoms with Gasteiger partial charge in [-0.05, 0) is 37.9 Å². The number of anilines is 1. The van der Waals surface area contributed by atoms with Gasteiger partial charge in [0.15, 0.2) is 5.96 Å². The number of ether oxygens (including phenoxy) is 1. The molecule has 0 unspecified atom stereocenters. The summed E-state index contributed by atoms with van der Waals surface area (Å²) in [5, 5.41) is 3.25. The highest BCUT2D eigenvalue weighted by Gasteiger charge is 2.16. The quantitative estimate of drug-likeness (QED) is 0.208. The molecule has 1 aromatic rings. The van der Waals surface area contributed by atoms with Gasteiger partial charge < -0.3 is 20.7 Å². The molecule has 3 N–H and O–H groups in total. The number of para-hydroxylation sites is 1. The van der Waals surface area contributed by atoms with Gasteiger partial charge in [-0.3, -0.25) is 14.8 Å². The number of hydrogen-bond acceptors (Lipinski definition) is 5. The van der Waals surface area contributed by atoms with E-state index in [0.717, 1.165) is 85.0 Å². The van der Waals surface area contributed by atoms with Crippen molar-refractivity contribution in [3.8, 4) is 0 Å². The smallest absolute Gasteiger partial charge is 0.188 e. The van der Waals surface area contributed by atoms with Crippen molar-refractivity contribution >= 4 is 35.6 Å². The first kappa shape index (κ1) is 25.2. The lowest BCUT2D eigenvalue weighted by atomic mass is 10.2. The minimum absolute atomic E-state index is 0. The van der Waals surface area contributed by atoms with Crippen LogP contribution in [0.5, 0.6) is 0 Å². The van der Waals surface area contributed by atoms with Crippen LogP contribution in [0.2, 0.25) is 0 Å². The molecule has 0 spiro atoms. The SMILES string of the molecule is I.NC(=NCCCN1CCOCC1)NCCCCN1CCN(c2ccccc2)CC1. The molecule has 0 saturated carbocycles. The van der Waals surface area contributed by atoms with E-state index in [0.29, 0.717) is 5.96 Å². The Balaban J connectivity index is 0.00000320. The molecule has 2 fully saturated rings. The van der Waals surface area contributed by atoms with Crippen LogP contribution in [-0.4, -0.2) is 94.4 Å². The molecule has 0 aromatic heterocycles. The average Bonchev–Trinajstić information content (AvgIpc) is 2.78. The molecular weight excluding hydrogens is 491 g/mol. The average molecular weight is 530 g/mol. The van der Waals surface area contributed by atoms with E-state index in [2.05, 4.69) is 55.3 Å². The standard InChI is InChI=1S/C22H38N6O.HI/c23-22(25-10-6-12-27-17-19-29-20-18-27)24-9-4-5-11-26-13-15-28(16-14-26)21-7-2-1-3-8-21;/h1-3,7-8H,4-6,9-20H2,(H3,23,24,25);1H. The number of benzene rings is 1. The van der Waals surface area contributed by atoms with Crippen molar-refractivity contribution in [3.05, 3.63) is 30.3 Å². The first-order valence-corrected chi connectivity index (χ1v) is 11.2. The predicted molar refractivity (Wildman–Crippen MR) is 136 cm³/mol. The van der Waals surface area contributed by atoms with Gasteiger partial charge in [-0.1, -0.05) is 18.2 Å². The fraction of sp³-hybridized carbons (Fsp3) is 0.682. The summed E-state index contributed by atoms with van der Waals surface area (Å²) in [6.07, 6.45) is 3.38. The minimum atomic E-state index is 0. The number of aliphatic imine (C=N–C) groups is 1. The van der Waals surface area contributed by atoms with Crippen LogP contribution in [0, 0.1) is 0 Å². The molecule has 30 heavy (non-hydrogen) atoms. The zero-order valence-electron chi connectivity index (χ0n) is 18.2. The number of nitrogens with zero attached hydrogens (tertiary/aromatic N) is 4. The summed E-state index contributed by atoms with van der Waals surface area (Å²) < 4.78 is 5.37. The van der Waals surface area contributed by atoms with Crippen LogP contribution in [-0.2, 0) is 4.74 Å². The number of nitrogens with one attached hydrogen (secondary N) is 1. The van der Waals surface area contributed by atoms with E-state index in [1.807, 2.05) is 0 Å². The molecule has 0 aliphatic carbocycles. The van der Waals surface area contributed by atoms with E-state index in [-0.39, 0.29) is 24.0 Å². The Bertz CT molecular complexity index is 589. The maximum absolute atomic E-state index is 5.98. The van der Waals surface area contributed by atoms with Crippen LogP contribution >= 0.6 is 24.0 Å². The van der Waals surface area contributed by atoms with Crippen molar-refractivity contribution in [2.24, 2.45) is 10.7 Å². The second-order valence-corrected chi connectivity index (χ2v) is 7.87. The topological polar surface area (TPSA) is 69.4 Å². The number of piperazine rings is 1. The normalized spacial score (nSPS) is 18.8. The highest BCUT2D eigenvalue weighted by atomic mass is 127. The summed E-state index contributed by atoms with van der Waals surface area (Å²) in [6.45, 7) is 12.3. The van der Waals surface area contributed by atoms with E-state index in [1.54, 1.807) is 0 Å². The maximum atomic E-state index is 5.98. The molecule has 2 saturated heterocycles. The molecule has 1 aromatic carbocycles. The zero-order chi connectivity index (χ0) is 20.2. The molecular formula is C22H39IN6O. The Kier molecular flexibility index (Phi) is 12.4. The fourth-order valence-electron chi connectivity index (χ4n) is 3.92. The van der Waals surface area contributed by atoms with Crippen molar-refractivity contribution in [3.63, 3.8) is 0 Å². The van der Waals surface area contributed by atoms with Crippen LogP contribution < -0.4 is 16.0 Å². The third-order valence-electron chi connectivity index (χ3n) is 5.72. The Morgan fingerprint density at radius 2 is 1.57 bits per heavy atom. The zero-order valence-corrected chi connectivity index (χ0v) is 20.5. The lowest BCUT2D eigenvalue weighted by molar-refractivity contribution is 0.0377. The fourth-order valence-corrected chi connectivity index (χ4v) is 3.92. The van der Waals surface area contributed by atoms with Gasteiger partial charge in [-0.2, -0.15) is 0 Å². The molecule has 0 amide bonds. The Morgan fingerprint density at radius 1 is 0.900 bits per heavy atom. The van der Waals surface area contributed by atoms with Gasteiger partial charge >= 0.3 is 0 Å². The van der Waals surface area contributed by atoms with Gasteiger partial charge in [0.25, 0.3) is 0 Å². The van der Waals surface area contributed by atoms with Gasteiger partial charge in [-0.25, -0.2) is 0 Å². The number of nitrogens with two attached hydrogens (primary N) is 1. The largest absolute Gasteiger partial charge is 0.379 e. The highest BCUT2D eigenvalue weighted by molar-refractivity contribution is 14.0. The van der Waals surface area contributed by atoms with Gasteiger partial charge in [-0.15, -0.1) is 24.0 Å². The summed E-state index contributed by atoms with van der Waals surface area (Å²) in [5.74, 6) is 0.587. The lowest BCUT2D eigenvalue weighted by Gasteiger charge is -2.36. The number of guanidine groups is 1. The van der Waals surface area contributed by atoms with Gasteiger partial charge in [0.1, 0.15) is 0 Å². The van der Waals surface area contributed by atoms with Crippen molar-refractivity contribution in [1.82, 2.24) is 15.1 Å². The van der Waals surface area contributed by atoms with Crippen LogP contribution in [0.15, 0.2) is 35.3 Å². The van der Waals surface area contributed by atoms with Crippen LogP contribution in [0.1, 0.15) is 19.3 Å². The highest BCUT2D eigenvalue weighted by Crippen LogP contribution is 2.15. The molecule has 170 valence electrons. The molecule has 0 radical (unpaired) electrons. The monoisotopic (exact) mass is 530 g/mol. The molecule has 8 heteroatoms. The third kappa shape index (κ3) is 9.36. The van der Waals surface area contributed by atoms with E-state index in [4.69, 9.17) is 10.5 Å². The number of hydrogen-bond donors (Lipinski definition) is 2. The van der Waals surface area contributed by atoms with Crippen LogP contribution in [0.25, 0.3) is 0 Å². The lowest BCUT2D eigenvalue weighted by Crippen LogP contribution is -2.46. The summed E-state index contributed by atoms with van der Waals surface area (Å²) >= 11 is 0. The van der Waals surface area contributed by atoms with Crippen LogP contribution in [0.3, 0.4) is 0 Å². The minimum Gasteiger partial charge on any atom is -0.379 e. The molecule has 0 atom stereocenters. The third-order valence-corrected chi connectivity index (χ3v) is 5.72. The number of morpholine rings is 1. The first-order valence-electron chi connectivity index (χ1n) is 11.2. The summed E-state index contributed by atoms with van der Waals surface area (Å²) in [6, 6.07) is 10.7. The molecule has 7 nitrogen and oxygen atoms in total. The van der Waals surface area contributed by atoms with Gasteiger partial charge in [0.2, 0.25) is 0 Å². The van der Waals surface area contributed by atoms with Crippen molar-refractivity contribution in [1.29, 1.82) is 0 Å². The molecule has 2 aliphatic rings. The predicted octanol–water partition coefficient (Wildman–Crippen LogP) is 1.83. The summed E-state index contributed by atoms with van der Waals surface area (Å²) in [7, 11) is 0. The van der Waals surface area contributed by atoms with E-state index in [1.165, 1.54) is 18.7 Å². The number of unbranched alkanes of at least 4 members (excludes halogenated alkanes) is 1. The second kappa shape index (κ2) is 14.8. The van der Waals surface area contributed by atoms with E-state index in [9.17, 15) is 0 Å². The van der Waals surface area contributed by atoms with Crippen molar-refractivity contribution in [2.45, 2.75) is 19.3 Å². The second-order valence-electron chi connectivity index (χ2n) is 7.87. The number of halogens is 1. The van der Waals surface area contributed by atoms with Gasteiger partial charge in [0, 0.05) is 64.6 Å². The summed E-state index contributed by atoms with van der Waals surface area (Å²) in [4.78, 5) is 11.9. The van der Waals surface area contributed by atoms with Gasteiger partial charge in [0.05, 0.1) is 13.2 Å². The maximum Gasteiger partial charge on any atom is 0.188 e. The van der Waals surface area contributed by atoms with Crippen molar-refractivity contribution < 1.29 is 4.74 Å². The molecule has 0 bridgehead atoms.